The molecule has 27 heavy (non-hydrogen) atoms. The number of amides is 1. The summed E-state index contributed by atoms with van der Waals surface area (Å²) >= 11 is 0. The zero-order valence-corrected chi connectivity index (χ0v) is 15.3. The summed E-state index contributed by atoms with van der Waals surface area (Å²) in [6, 6.07) is 19.0. The highest BCUT2D eigenvalue weighted by Crippen LogP contribution is 2.26. The number of nitriles is 1. The molecule has 6 nitrogen and oxygen atoms in total. The molecule has 2 aromatic carbocycles. The van der Waals surface area contributed by atoms with E-state index in [0.717, 1.165) is 37.6 Å². The van der Waals surface area contributed by atoms with Crippen molar-refractivity contribution in [2.24, 2.45) is 0 Å². The predicted molar refractivity (Wildman–Crippen MR) is 105 cm³/mol. The van der Waals surface area contributed by atoms with Gasteiger partial charge in [-0.1, -0.05) is 30.3 Å². The Bertz CT molecular complexity index is 795. The van der Waals surface area contributed by atoms with Gasteiger partial charge in [0.1, 0.15) is 5.75 Å². The highest BCUT2D eigenvalue weighted by Gasteiger charge is 2.26. The quantitative estimate of drug-likeness (QED) is 0.803. The molecule has 1 saturated heterocycles. The molecule has 1 aliphatic heterocycles. The van der Waals surface area contributed by atoms with Crippen molar-refractivity contribution in [3.63, 3.8) is 0 Å². The minimum Gasteiger partial charge on any atom is -0.506 e. The summed E-state index contributed by atoms with van der Waals surface area (Å²) in [5.74, 6) is 0.339. The number of benzene rings is 2. The smallest absolute Gasteiger partial charge is 0.282 e. The van der Waals surface area contributed by atoms with E-state index in [-0.39, 0.29) is 5.91 Å². The molecule has 2 aromatic rings. The van der Waals surface area contributed by atoms with Crippen molar-refractivity contribution in [2.45, 2.75) is 6.42 Å². The van der Waals surface area contributed by atoms with Gasteiger partial charge in [0, 0.05) is 12.2 Å². The Hall–Kier alpha value is -3.04. The van der Waals surface area contributed by atoms with Gasteiger partial charge in [-0.05, 0) is 24.3 Å². The molecule has 1 heterocycles. The lowest BCUT2D eigenvalue weighted by molar-refractivity contribution is -0.892. The summed E-state index contributed by atoms with van der Waals surface area (Å²) < 4.78 is 0. The van der Waals surface area contributed by atoms with Gasteiger partial charge < -0.3 is 19.8 Å². The molecule has 0 atom stereocenters. The molecule has 0 aliphatic carbocycles. The van der Waals surface area contributed by atoms with Crippen molar-refractivity contribution in [1.82, 2.24) is 0 Å². The maximum atomic E-state index is 12.9. The van der Waals surface area contributed by atoms with Crippen LogP contribution in [-0.4, -0.2) is 50.3 Å². The molecular weight excluding hydrogens is 340 g/mol. The summed E-state index contributed by atoms with van der Waals surface area (Å²) in [7, 11) is 0. The van der Waals surface area contributed by atoms with Crippen molar-refractivity contribution < 1.29 is 14.8 Å². The van der Waals surface area contributed by atoms with Gasteiger partial charge in [-0.15, -0.1) is 0 Å². The van der Waals surface area contributed by atoms with E-state index >= 15 is 0 Å². The Morgan fingerprint density at radius 1 is 1.11 bits per heavy atom. The summed E-state index contributed by atoms with van der Waals surface area (Å²) in [5.41, 5.74) is 1.69. The lowest BCUT2D eigenvalue weighted by Crippen LogP contribution is -3.16. The Balaban J connectivity index is 1.59. The maximum absolute atomic E-state index is 12.9. The van der Waals surface area contributed by atoms with Crippen LogP contribution in [0.3, 0.4) is 0 Å². The van der Waals surface area contributed by atoms with E-state index < -0.39 is 0 Å². The van der Waals surface area contributed by atoms with Crippen LogP contribution in [0.1, 0.15) is 6.42 Å². The number of aromatic hydroxyl groups is 1. The van der Waals surface area contributed by atoms with Crippen LogP contribution < -0.4 is 14.7 Å². The molecule has 0 aromatic heterocycles. The number of hydrogen-bond donors (Lipinski definition) is 2. The number of anilines is 2. The zero-order chi connectivity index (χ0) is 19.1. The number of piperazine rings is 1. The van der Waals surface area contributed by atoms with Crippen LogP contribution >= 0.6 is 0 Å². The molecule has 0 saturated carbocycles. The molecule has 1 aliphatic rings. The molecule has 1 fully saturated rings. The number of carbonyl (C=O) groups is 1. The van der Waals surface area contributed by atoms with Crippen LogP contribution in [0.25, 0.3) is 0 Å². The third kappa shape index (κ3) is 4.78. The number of para-hydroxylation sites is 3. The van der Waals surface area contributed by atoms with Crippen molar-refractivity contribution in [3.8, 4) is 11.8 Å². The first-order valence-electron chi connectivity index (χ1n) is 9.28. The second kappa shape index (κ2) is 9.06. The molecule has 3 rings (SSSR count). The van der Waals surface area contributed by atoms with Crippen molar-refractivity contribution >= 4 is 17.3 Å². The van der Waals surface area contributed by atoms with Crippen molar-refractivity contribution in [2.75, 3.05) is 49.1 Å². The molecule has 2 N–H and O–H groups in total. The summed E-state index contributed by atoms with van der Waals surface area (Å²) in [5, 5.41) is 18.9. The minimum absolute atomic E-state index is 0.0439. The van der Waals surface area contributed by atoms with Crippen LogP contribution in [0.5, 0.6) is 5.75 Å². The van der Waals surface area contributed by atoms with E-state index in [0.29, 0.717) is 25.3 Å². The Kier molecular flexibility index (Phi) is 6.29. The average molecular weight is 365 g/mol. The average Bonchev–Trinajstić information content (AvgIpc) is 2.70. The van der Waals surface area contributed by atoms with Gasteiger partial charge >= 0.3 is 0 Å². The van der Waals surface area contributed by atoms with Crippen LogP contribution in [0.4, 0.5) is 11.4 Å². The molecule has 0 spiro atoms. The first kappa shape index (κ1) is 18.7. The van der Waals surface area contributed by atoms with Crippen LogP contribution in [0.15, 0.2) is 54.6 Å². The lowest BCUT2D eigenvalue weighted by Gasteiger charge is -2.34. The number of hydrogen-bond acceptors (Lipinski definition) is 4. The fourth-order valence-electron chi connectivity index (χ4n) is 3.45. The molecule has 0 bridgehead atoms. The minimum atomic E-state index is 0.0439. The first-order chi connectivity index (χ1) is 13.2. The number of rotatable bonds is 6. The number of carbonyl (C=O) groups excluding carboxylic acids is 1. The van der Waals surface area contributed by atoms with Gasteiger partial charge in [0.2, 0.25) is 0 Å². The Morgan fingerprint density at radius 3 is 2.44 bits per heavy atom. The van der Waals surface area contributed by atoms with Gasteiger partial charge in [-0.3, -0.25) is 4.79 Å². The fourth-order valence-corrected chi connectivity index (χ4v) is 3.45. The largest absolute Gasteiger partial charge is 0.506 e. The number of nitrogens with zero attached hydrogens (tertiary/aromatic N) is 3. The van der Waals surface area contributed by atoms with Crippen LogP contribution in [0, 0.1) is 11.3 Å². The van der Waals surface area contributed by atoms with Gasteiger partial charge in [-0.25, -0.2) is 0 Å². The highest BCUT2D eigenvalue weighted by atomic mass is 16.3. The fraction of sp³-hybridized carbons (Fsp3) is 0.333. The number of nitrogens with one attached hydrogen (secondary N) is 1. The van der Waals surface area contributed by atoms with Crippen LogP contribution in [-0.2, 0) is 4.79 Å². The number of quaternary nitrogens is 1. The van der Waals surface area contributed by atoms with E-state index in [4.69, 9.17) is 5.26 Å². The van der Waals surface area contributed by atoms with Gasteiger partial charge in [0.25, 0.3) is 5.91 Å². The second-order valence-electron chi connectivity index (χ2n) is 6.69. The normalized spacial score (nSPS) is 14.6. The molecule has 140 valence electrons. The van der Waals surface area contributed by atoms with Crippen molar-refractivity contribution in [3.05, 3.63) is 54.6 Å². The SMILES string of the molecule is N#CCCN(C(=O)C[NH+]1CCN(c2ccccc2O)CC1)c1ccccc1. The Morgan fingerprint density at radius 2 is 1.78 bits per heavy atom. The topological polar surface area (TPSA) is 72.0 Å². The molecule has 0 radical (unpaired) electrons. The first-order valence-corrected chi connectivity index (χ1v) is 9.28. The number of phenols is 1. The molecular formula is C21H25N4O2+. The van der Waals surface area contributed by atoms with E-state index in [1.807, 2.05) is 48.5 Å². The summed E-state index contributed by atoms with van der Waals surface area (Å²) in [6.07, 6.45) is 0.316. The Labute approximate surface area is 159 Å². The van der Waals surface area contributed by atoms with Gasteiger partial charge in [0.15, 0.2) is 6.54 Å². The van der Waals surface area contributed by atoms with E-state index in [9.17, 15) is 9.90 Å². The monoisotopic (exact) mass is 365 g/mol. The number of phenolic OH excluding ortho intramolecular Hbond substituents is 1. The lowest BCUT2D eigenvalue weighted by atomic mass is 10.2. The predicted octanol–water partition coefficient (Wildman–Crippen LogP) is 1.04. The van der Waals surface area contributed by atoms with E-state index in [1.165, 1.54) is 4.90 Å². The highest BCUT2D eigenvalue weighted by molar-refractivity contribution is 5.94. The zero-order valence-electron chi connectivity index (χ0n) is 15.3. The van der Waals surface area contributed by atoms with Crippen molar-refractivity contribution in [1.29, 1.82) is 5.26 Å². The van der Waals surface area contributed by atoms with E-state index in [1.54, 1.807) is 11.0 Å². The molecule has 6 heteroatoms. The maximum Gasteiger partial charge on any atom is 0.282 e. The van der Waals surface area contributed by atoms with Gasteiger partial charge in [-0.2, -0.15) is 5.26 Å². The summed E-state index contributed by atoms with van der Waals surface area (Å²) in [6.45, 7) is 4.08. The second-order valence-corrected chi connectivity index (χ2v) is 6.69. The molecule has 1 amide bonds. The summed E-state index contributed by atoms with van der Waals surface area (Å²) in [4.78, 5) is 18.0. The standard InChI is InChI=1S/C21H24N4O2/c22-11-6-12-25(18-7-2-1-3-8-18)21(27)17-23-13-15-24(16-14-23)19-9-4-5-10-20(19)26/h1-5,7-10,26H,6,12-17H2/p+1. The third-order valence-electron chi connectivity index (χ3n) is 4.91. The third-order valence-corrected chi connectivity index (χ3v) is 4.91. The van der Waals surface area contributed by atoms with E-state index in [2.05, 4.69) is 11.0 Å². The van der Waals surface area contributed by atoms with Crippen LogP contribution in [0.2, 0.25) is 0 Å². The molecule has 0 unspecified atom stereocenters. The van der Waals surface area contributed by atoms with Gasteiger partial charge in [0.05, 0.1) is 44.4 Å².